The molecule has 1 rings (SSSR count). The average molecular weight is 317 g/mol. The van der Waals surface area contributed by atoms with Crippen molar-refractivity contribution in [2.75, 3.05) is 12.3 Å². The van der Waals surface area contributed by atoms with Gasteiger partial charge in [0.05, 0.1) is 5.03 Å². The highest BCUT2D eigenvalue weighted by molar-refractivity contribution is 9.10. The first kappa shape index (κ1) is 15.0. The number of nitrogens with zero attached hydrogens (tertiary/aromatic N) is 1. The third-order valence-corrected chi connectivity index (χ3v) is 4.10. The summed E-state index contributed by atoms with van der Waals surface area (Å²) in [6, 6.07) is 4.60. The van der Waals surface area contributed by atoms with Crippen LogP contribution in [0.4, 0.5) is 0 Å². The minimum atomic E-state index is 0.276. The summed E-state index contributed by atoms with van der Waals surface area (Å²) in [5.74, 6) is 1.05. The van der Waals surface area contributed by atoms with Crippen LogP contribution in [-0.2, 0) is 0 Å². The Bertz CT molecular complexity index is 332. The summed E-state index contributed by atoms with van der Waals surface area (Å²) in [4.78, 5) is 4.38. The van der Waals surface area contributed by atoms with Gasteiger partial charge in [0, 0.05) is 22.5 Å². The molecule has 0 saturated carbocycles. The topological polar surface area (TPSA) is 24.9 Å². The van der Waals surface area contributed by atoms with Gasteiger partial charge in [-0.3, -0.25) is 0 Å². The number of hydrogen-bond donors (Lipinski definition) is 1. The summed E-state index contributed by atoms with van der Waals surface area (Å²) in [7, 11) is 0. The molecule has 0 spiro atoms. The zero-order chi connectivity index (χ0) is 12.9. The van der Waals surface area contributed by atoms with Crippen LogP contribution in [0.15, 0.2) is 27.8 Å². The Morgan fingerprint density at radius 3 is 2.59 bits per heavy atom. The summed E-state index contributed by atoms with van der Waals surface area (Å²) in [6.07, 6.45) is 1.85. The van der Waals surface area contributed by atoms with Crippen molar-refractivity contribution in [2.24, 2.45) is 5.41 Å². The highest BCUT2D eigenvalue weighted by atomic mass is 79.9. The average Bonchev–Trinajstić information content (AvgIpc) is 2.25. The van der Waals surface area contributed by atoms with Gasteiger partial charge in [0.2, 0.25) is 0 Å². The zero-order valence-electron chi connectivity index (χ0n) is 11.0. The maximum Gasteiger partial charge on any atom is 0.0961 e. The molecule has 1 unspecified atom stereocenters. The van der Waals surface area contributed by atoms with E-state index in [-0.39, 0.29) is 5.41 Å². The van der Waals surface area contributed by atoms with Crippen LogP contribution in [0.2, 0.25) is 0 Å². The predicted molar refractivity (Wildman–Crippen MR) is 79.6 cm³/mol. The number of halogens is 1. The van der Waals surface area contributed by atoms with E-state index in [9.17, 15) is 0 Å². The fraction of sp³-hybridized carbons (Fsp3) is 0.615. The number of thioether (sulfide) groups is 1. The molecule has 0 aliphatic carbocycles. The Balaban J connectivity index is 2.54. The van der Waals surface area contributed by atoms with E-state index in [0.717, 1.165) is 21.8 Å². The second kappa shape index (κ2) is 6.76. The van der Waals surface area contributed by atoms with E-state index in [2.05, 4.69) is 60.0 Å². The van der Waals surface area contributed by atoms with Crippen molar-refractivity contribution in [3.05, 3.63) is 22.8 Å². The van der Waals surface area contributed by atoms with Crippen molar-refractivity contribution in [1.29, 1.82) is 0 Å². The molecule has 1 aromatic rings. The van der Waals surface area contributed by atoms with E-state index in [1.807, 2.05) is 24.0 Å². The van der Waals surface area contributed by atoms with Gasteiger partial charge in [0.25, 0.3) is 0 Å². The van der Waals surface area contributed by atoms with Crippen molar-refractivity contribution in [1.82, 2.24) is 10.3 Å². The third-order valence-electron chi connectivity index (χ3n) is 2.59. The molecule has 0 aliphatic rings. The van der Waals surface area contributed by atoms with Crippen LogP contribution in [0.3, 0.4) is 0 Å². The van der Waals surface area contributed by atoms with E-state index in [1.165, 1.54) is 0 Å². The molecule has 4 heteroatoms. The number of nitrogens with one attached hydrogen (secondary N) is 1. The molecule has 0 aromatic carbocycles. The van der Waals surface area contributed by atoms with E-state index >= 15 is 0 Å². The second-order valence-corrected chi connectivity index (χ2v) is 7.06. The molecule has 0 fully saturated rings. The van der Waals surface area contributed by atoms with Crippen molar-refractivity contribution in [2.45, 2.75) is 38.8 Å². The van der Waals surface area contributed by atoms with Gasteiger partial charge in [-0.1, -0.05) is 27.7 Å². The molecule has 0 amide bonds. The fourth-order valence-electron chi connectivity index (χ4n) is 1.48. The summed E-state index contributed by atoms with van der Waals surface area (Å²) < 4.78 is 1.03. The number of rotatable bonds is 5. The van der Waals surface area contributed by atoms with Crippen LogP contribution < -0.4 is 5.32 Å². The van der Waals surface area contributed by atoms with Crippen molar-refractivity contribution < 1.29 is 0 Å². The maximum absolute atomic E-state index is 4.38. The molecule has 96 valence electrons. The van der Waals surface area contributed by atoms with Crippen molar-refractivity contribution in [3.8, 4) is 0 Å². The normalized spacial score (nSPS) is 13.7. The lowest BCUT2D eigenvalue weighted by molar-refractivity contribution is 0.295. The van der Waals surface area contributed by atoms with Gasteiger partial charge in [0.1, 0.15) is 0 Å². The first-order chi connectivity index (χ1) is 7.93. The lowest BCUT2D eigenvalue weighted by Gasteiger charge is -2.31. The molecule has 1 aromatic heterocycles. The van der Waals surface area contributed by atoms with Crippen molar-refractivity contribution in [3.63, 3.8) is 0 Å². The Labute approximate surface area is 117 Å². The zero-order valence-corrected chi connectivity index (χ0v) is 13.4. The smallest absolute Gasteiger partial charge is 0.0961 e. The van der Waals surface area contributed by atoms with E-state index in [1.54, 1.807) is 0 Å². The fourth-order valence-corrected chi connectivity index (χ4v) is 2.96. The second-order valence-electron chi connectivity index (χ2n) is 5.10. The third kappa shape index (κ3) is 5.40. The lowest BCUT2D eigenvalue weighted by atomic mass is 9.88. The van der Waals surface area contributed by atoms with Crippen LogP contribution in [-0.4, -0.2) is 23.3 Å². The van der Waals surface area contributed by atoms with Gasteiger partial charge >= 0.3 is 0 Å². The first-order valence-corrected chi connectivity index (χ1v) is 7.69. The number of hydrogen-bond acceptors (Lipinski definition) is 3. The van der Waals surface area contributed by atoms with Gasteiger partial charge in [0.15, 0.2) is 0 Å². The molecule has 1 N–H and O–H groups in total. The SMILES string of the molecule is CCNC(CSc1ccc(Br)cn1)C(C)(C)C. The summed E-state index contributed by atoms with van der Waals surface area (Å²) in [5.41, 5.74) is 0.276. The van der Waals surface area contributed by atoms with Crippen LogP contribution in [0.1, 0.15) is 27.7 Å². The van der Waals surface area contributed by atoms with Crippen LogP contribution in [0.25, 0.3) is 0 Å². The summed E-state index contributed by atoms with van der Waals surface area (Å²) in [6.45, 7) is 9.99. The Morgan fingerprint density at radius 1 is 1.41 bits per heavy atom. The molecule has 1 heterocycles. The Hall–Kier alpha value is -0.0600. The number of pyridine rings is 1. The molecule has 0 aliphatic heterocycles. The lowest BCUT2D eigenvalue weighted by Crippen LogP contribution is -2.42. The van der Waals surface area contributed by atoms with Gasteiger partial charge in [-0.2, -0.15) is 0 Å². The highest BCUT2D eigenvalue weighted by Crippen LogP contribution is 2.26. The van der Waals surface area contributed by atoms with Gasteiger partial charge in [-0.05, 0) is 40.0 Å². The predicted octanol–water partition coefficient (Wildman–Crippen LogP) is 3.96. The molecular weight excluding hydrogens is 296 g/mol. The molecule has 0 bridgehead atoms. The highest BCUT2D eigenvalue weighted by Gasteiger charge is 2.23. The van der Waals surface area contributed by atoms with Gasteiger partial charge in [-0.25, -0.2) is 4.98 Å². The Morgan fingerprint density at radius 2 is 2.12 bits per heavy atom. The van der Waals surface area contributed by atoms with Gasteiger partial charge < -0.3 is 5.32 Å². The van der Waals surface area contributed by atoms with E-state index in [0.29, 0.717) is 6.04 Å². The van der Waals surface area contributed by atoms with E-state index in [4.69, 9.17) is 0 Å². The molecule has 2 nitrogen and oxygen atoms in total. The van der Waals surface area contributed by atoms with Crippen LogP contribution in [0, 0.1) is 5.41 Å². The standard InChI is InChI=1S/C13H21BrN2S/c1-5-15-11(13(2,3)4)9-17-12-7-6-10(14)8-16-12/h6-8,11,15H,5,9H2,1-4H3. The number of aromatic nitrogens is 1. The van der Waals surface area contributed by atoms with Gasteiger partial charge in [-0.15, -0.1) is 11.8 Å². The minimum absolute atomic E-state index is 0.276. The molecule has 1 atom stereocenters. The molecule has 0 saturated heterocycles. The van der Waals surface area contributed by atoms with Crippen LogP contribution >= 0.6 is 27.7 Å². The maximum atomic E-state index is 4.38. The summed E-state index contributed by atoms with van der Waals surface area (Å²) in [5, 5.41) is 4.63. The molecule has 17 heavy (non-hydrogen) atoms. The van der Waals surface area contributed by atoms with E-state index < -0.39 is 0 Å². The summed E-state index contributed by atoms with van der Waals surface area (Å²) >= 11 is 5.21. The Kier molecular flexibility index (Phi) is 5.97. The van der Waals surface area contributed by atoms with Crippen LogP contribution in [0.5, 0.6) is 0 Å². The quantitative estimate of drug-likeness (QED) is 0.832. The molecule has 0 radical (unpaired) electrons. The molecular formula is C13H21BrN2S. The van der Waals surface area contributed by atoms with Crippen molar-refractivity contribution >= 4 is 27.7 Å². The monoisotopic (exact) mass is 316 g/mol. The first-order valence-electron chi connectivity index (χ1n) is 5.91. The minimum Gasteiger partial charge on any atom is -0.313 e. The largest absolute Gasteiger partial charge is 0.313 e.